The lowest BCUT2D eigenvalue weighted by molar-refractivity contribution is -0.385. The van der Waals surface area contributed by atoms with Crippen LogP contribution in [0.1, 0.15) is 5.56 Å². The molecule has 1 amide bonds. The molecule has 0 unspecified atom stereocenters. The molecule has 0 aliphatic carbocycles. The number of amides is 1. The highest BCUT2D eigenvalue weighted by molar-refractivity contribution is 6.56. The van der Waals surface area contributed by atoms with Crippen molar-refractivity contribution < 1.29 is 9.72 Å². The number of hydrogen-bond donors (Lipinski definition) is 0. The summed E-state index contributed by atoms with van der Waals surface area (Å²) >= 11 is 0. The third-order valence-electron chi connectivity index (χ3n) is 3.25. The van der Waals surface area contributed by atoms with Gasteiger partial charge < -0.3 is 9.80 Å². The van der Waals surface area contributed by atoms with Gasteiger partial charge in [0.1, 0.15) is 11.6 Å². The summed E-state index contributed by atoms with van der Waals surface area (Å²) in [5.41, 5.74) is 0.497. The molecule has 20 heavy (non-hydrogen) atoms. The van der Waals surface area contributed by atoms with E-state index in [1.54, 1.807) is 12.1 Å². The quantitative estimate of drug-likeness (QED) is 0.452. The minimum absolute atomic E-state index is 0.0366. The predicted octanol–water partition coefficient (Wildman–Crippen LogP) is 0.877. The molecule has 0 N–H and O–H groups in total. The van der Waals surface area contributed by atoms with Gasteiger partial charge >= 0.3 is 0 Å². The van der Waals surface area contributed by atoms with Gasteiger partial charge in [0.25, 0.3) is 5.69 Å². The molecule has 0 spiro atoms. The number of piperazine rings is 1. The van der Waals surface area contributed by atoms with Crippen LogP contribution in [0.3, 0.4) is 0 Å². The fraction of sp³-hybridized carbons (Fsp3) is 0.333. The standard InChI is InChI=1S/C12H11BN4O3/c13-12(18)16-5-3-15(4-6-16)10-2-1-9(8-14)11(7-10)17(19)20/h1-2,7H,3-6H2. The molecular formula is C12H11BN4O3. The van der Waals surface area contributed by atoms with E-state index in [1.807, 2.05) is 4.90 Å². The number of nitro groups is 1. The Morgan fingerprint density at radius 1 is 1.35 bits per heavy atom. The lowest BCUT2D eigenvalue weighted by Gasteiger charge is -2.35. The summed E-state index contributed by atoms with van der Waals surface area (Å²) in [5.74, 6) is -0.463. The van der Waals surface area contributed by atoms with E-state index < -0.39 is 10.7 Å². The van der Waals surface area contributed by atoms with E-state index in [0.29, 0.717) is 31.9 Å². The Morgan fingerprint density at radius 2 is 2.00 bits per heavy atom. The Kier molecular flexibility index (Phi) is 3.89. The molecule has 2 radical (unpaired) electrons. The van der Waals surface area contributed by atoms with Crippen molar-refractivity contribution in [2.75, 3.05) is 31.1 Å². The Bertz CT molecular complexity index is 591. The van der Waals surface area contributed by atoms with Crippen LogP contribution in [0.25, 0.3) is 0 Å². The van der Waals surface area contributed by atoms with Crippen LogP contribution >= 0.6 is 0 Å². The summed E-state index contributed by atoms with van der Waals surface area (Å²) < 4.78 is 0. The number of hydrogen-bond acceptors (Lipinski definition) is 5. The number of nitriles is 1. The zero-order valence-corrected chi connectivity index (χ0v) is 10.7. The lowest BCUT2D eigenvalue weighted by atomic mass is 10.1. The van der Waals surface area contributed by atoms with E-state index in [1.165, 1.54) is 17.0 Å². The van der Waals surface area contributed by atoms with Gasteiger partial charge in [0, 0.05) is 37.9 Å². The van der Waals surface area contributed by atoms with Crippen molar-refractivity contribution >= 4 is 25.0 Å². The fourth-order valence-corrected chi connectivity index (χ4v) is 2.15. The maximum atomic E-state index is 11.0. The first-order valence-electron chi connectivity index (χ1n) is 6.01. The van der Waals surface area contributed by atoms with Gasteiger partial charge in [-0.15, -0.1) is 0 Å². The zero-order chi connectivity index (χ0) is 14.7. The van der Waals surface area contributed by atoms with Gasteiger partial charge in [0.2, 0.25) is 7.85 Å². The molecule has 1 saturated heterocycles. The number of rotatable bonds is 2. The highest BCUT2D eigenvalue weighted by atomic mass is 16.6. The monoisotopic (exact) mass is 270 g/mol. The highest BCUT2D eigenvalue weighted by Crippen LogP contribution is 2.25. The zero-order valence-electron chi connectivity index (χ0n) is 10.7. The highest BCUT2D eigenvalue weighted by Gasteiger charge is 2.21. The summed E-state index contributed by atoms with van der Waals surface area (Å²) in [6, 6.07) is 6.30. The first-order chi connectivity index (χ1) is 9.52. The summed E-state index contributed by atoms with van der Waals surface area (Å²) in [4.78, 5) is 24.8. The number of carbonyl (C=O) groups is 1. The number of nitrogens with zero attached hydrogens (tertiary/aromatic N) is 4. The molecular weight excluding hydrogens is 259 g/mol. The minimum Gasteiger partial charge on any atom is -0.368 e. The number of benzene rings is 1. The van der Waals surface area contributed by atoms with Crippen LogP contribution in [0, 0.1) is 21.4 Å². The number of anilines is 1. The second kappa shape index (κ2) is 5.61. The molecule has 0 aromatic heterocycles. The number of carbonyl (C=O) groups excluding carboxylic acids is 1. The van der Waals surface area contributed by atoms with Crippen molar-refractivity contribution in [3.8, 4) is 6.07 Å². The van der Waals surface area contributed by atoms with Crippen LogP contribution in [0.2, 0.25) is 0 Å². The van der Waals surface area contributed by atoms with Crippen molar-refractivity contribution in [3.63, 3.8) is 0 Å². The first-order valence-corrected chi connectivity index (χ1v) is 6.01. The van der Waals surface area contributed by atoms with Crippen molar-refractivity contribution in [2.24, 2.45) is 0 Å². The topological polar surface area (TPSA) is 90.5 Å². The van der Waals surface area contributed by atoms with Crippen molar-refractivity contribution in [3.05, 3.63) is 33.9 Å². The SMILES string of the molecule is [B]C(=O)N1CCN(c2ccc(C#N)c([N+](=O)[O-])c2)CC1. The van der Waals surface area contributed by atoms with Gasteiger partial charge in [0.15, 0.2) is 5.81 Å². The van der Waals surface area contributed by atoms with Gasteiger partial charge in [-0.1, -0.05) is 0 Å². The molecule has 1 aliphatic rings. The van der Waals surface area contributed by atoms with Crippen molar-refractivity contribution in [1.29, 1.82) is 5.26 Å². The number of nitro benzene ring substituents is 1. The third kappa shape index (κ3) is 2.72. The lowest BCUT2D eigenvalue weighted by Crippen LogP contribution is -2.48. The third-order valence-corrected chi connectivity index (χ3v) is 3.25. The van der Waals surface area contributed by atoms with Crippen LogP contribution in [-0.4, -0.2) is 49.7 Å². The molecule has 1 aliphatic heterocycles. The van der Waals surface area contributed by atoms with Crippen molar-refractivity contribution in [2.45, 2.75) is 0 Å². The van der Waals surface area contributed by atoms with Crippen molar-refractivity contribution in [1.82, 2.24) is 4.90 Å². The molecule has 0 bridgehead atoms. The van der Waals surface area contributed by atoms with Gasteiger partial charge in [0.05, 0.1) is 4.92 Å². The Balaban J connectivity index is 2.19. The largest absolute Gasteiger partial charge is 0.368 e. The maximum absolute atomic E-state index is 11.0. The van der Waals surface area contributed by atoms with Gasteiger partial charge in [-0.05, 0) is 12.1 Å². The Hall–Kier alpha value is -2.56. The van der Waals surface area contributed by atoms with Crippen LogP contribution < -0.4 is 4.90 Å². The van der Waals surface area contributed by atoms with E-state index in [2.05, 4.69) is 0 Å². The van der Waals surface area contributed by atoms with E-state index in [-0.39, 0.29) is 11.3 Å². The molecule has 1 heterocycles. The summed E-state index contributed by atoms with van der Waals surface area (Å²) in [6.45, 7) is 2.05. The average molecular weight is 270 g/mol. The van der Waals surface area contributed by atoms with Crippen LogP contribution in [0.15, 0.2) is 18.2 Å². The average Bonchev–Trinajstić information content (AvgIpc) is 2.46. The molecule has 1 aromatic carbocycles. The minimum atomic E-state index is -0.568. The molecule has 7 nitrogen and oxygen atoms in total. The molecule has 1 fully saturated rings. The molecule has 0 saturated carbocycles. The molecule has 1 aromatic rings. The molecule has 8 heteroatoms. The molecule has 100 valence electrons. The first kappa shape index (κ1) is 13.9. The van der Waals surface area contributed by atoms with Gasteiger partial charge in [-0.2, -0.15) is 5.26 Å². The van der Waals surface area contributed by atoms with E-state index in [4.69, 9.17) is 13.1 Å². The van der Waals surface area contributed by atoms with E-state index in [0.717, 1.165) is 0 Å². The smallest absolute Gasteiger partial charge is 0.289 e. The van der Waals surface area contributed by atoms with Gasteiger partial charge in [-0.25, -0.2) is 0 Å². The fourth-order valence-electron chi connectivity index (χ4n) is 2.15. The summed E-state index contributed by atoms with van der Waals surface area (Å²) in [7, 11) is 5.20. The molecule has 2 rings (SSSR count). The van der Waals surface area contributed by atoms with E-state index in [9.17, 15) is 14.9 Å². The van der Waals surface area contributed by atoms with Gasteiger partial charge in [-0.3, -0.25) is 14.9 Å². The van der Waals surface area contributed by atoms with E-state index >= 15 is 0 Å². The second-order valence-electron chi connectivity index (χ2n) is 4.38. The second-order valence-corrected chi connectivity index (χ2v) is 4.38. The molecule has 0 atom stereocenters. The predicted molar refractivity (Wildman–Crippen MR) is 72.7 cm³/mol. The van der Waals surface area contributed by atoms with Crippen LogP contribution in [0.4, 0.5) is 16.2 Å². The normalized spacial score (nSPS) is 14.8. The maximum Gasteiger partial charge on any atom is 0.289 e. The summed E-state index contributed by atoms with van der Waals surface area (Å²) in [5, 5.41) is 19.8. The van der Waals surface area contributed by atoms with Crippen LogP contribution in [0.5, 0.6) is 0 Å². The Morgan fingerprint density at radius 3 is 2.50 bits per heavy atom. The summed E-state index contributed by atoms with van der Waals surface area (Å²) in [6.07, 6.45) is 0. The van der Waals surface area contributed by atoms with Crippen LogP contribution in [-0.2, 0) is 0 Å². The Labute approximate surface area is 116 Å².